The van der Waals surface area contributed by atoms with E-state index in [-0.39, 0.29) is 18.0 Å². The molecule has 0 bridgehead atoms. The Morgan fingerprint density at radius 2 is 1.79 bits per heavy atom. The molecule has 0 aliphatic heterocycles. The van der Waals surface area contributed by atoms with Crippen molar-refractivity contribution in [2.24, 2.45) is 0 Å². The molecule has 4 aromatic rings. The van der Waals surface area contributed by atoms with E-state index < -0.39 is 10.0 Å². The minimum absolute atomic E-state index is 0.0204. The Balaban J connectivity index is 1.92. The maximum atomic E-state index is 12.9. The van der Waals surface area contributed by atoms with Gasteiger partial charge in [-0.3, -0.25) is 0 Å². The highest BCUT2D eigenvalue weighted by Crippen LogP contribution is 2.28. The van der Waals surface area contributed by atoms with Gasteiger partial charge in [0.05, 0.1) is 17.2 Å². The van der Waals surface area contributed by atoms with Crippen molar-refractivity contribution in [2.75, 3.05) is 20.2 Å². The van der Waals surface area contributed by atoms with Crippen LogP contribution in [-0.4, -0.2) is 57.8 Å². The smallest absolute Gasteiger partial charge is 0.243 e. The molecule has 2 heterocycles. The van der Waals surface area contributed by atoms with Gasteiger partial charge in [0.1, 0.15) is 0 Å². The lowest BCUT2D eigenvalue weighted by molar-refractivity contribution is 0.266. The van der Waals surface area contributed by atoms with E-state index in [1.165, 1.54) is 7.05 Å². The second-order valence-corrected chi connectivity index (χ2v) is 8.93. The van der Waals surface area contributed by atoms with Crippen molar-refractivity contribution in [3.63, 3.8) is 0 Å². The standard InChI is InChI=1S/C20H21N5O3S/c1-13-8-9-15(12-18(13)29(27,28)24(3)10-11-26)19-21-22-20-17-7-5-4-6-16(17)14(2)23-25(19)20/h4-9,12,26H,10-11H2,1-3H3. The number of aliphatic hydroxyl groups excluding tert-OH is 1. The van der Waals surface area contributed by atoms with Gasteiger partial charge in [-0.05, 0) is 25.5 Å². The first-order chi connectivity index (χ1) is 13.8. The zero-order valence-electron chi connectivity index (χ0n) is 16.4. The first kappa shape index (κ1) is 19.4. The first-order valence-electron chi connectivity index (χ1n) is 9.13. The molecular weight excluding hydrogens is 390 g/mol. The largest absolute Gasteiger partial charge is 0.395 e. The molecule has 8 nitrogen and oxygen atoms in total. The molecule has 150 valence electrons. The highest BCUT2D eigenvalue weighted by Gasteiger charge is 2.24. The molecule has 9 heteroatoms. The van der Waals surface area contributed by atoms with E-state index in [0.29, 0.717) is 22.6 Å². The van der Waals surface area contributed by atoms with Crippen LogP contribution in [0.5, 0.6) is 0 Å². The number of aromatic nitrogens is 4. The Kier molecular flexibility index (Phi) is 4.81. The molecule has 2 aromatic carbocycles. The molecule has 1 N–H and O–H groups in total. The first-order valence-corrected chi connectivity index (χ1v) is 10.6. The summed E-state index contributed by atoms with van der Waals surface area (Å²) in [6, 6.07) is 13.0. The monoisotopic (exact) mass is 411 g/mol. The summed E-state index contributed by atoms with van der Waals surface area (Å²) in [4.78, 5) is 0.167. The molecule has 4 rings (SSSR count). The lowest BCUT2D eigenvalue weighted by Gasteiger charge is -2.18. The summed E-state index contributed by atoms with van der Waals surface area (Å²) in [5, 5.41) is 24.3. The van der Waals surface area contributed by atoms with Crippen molar-refractivity contribution >= 4 is 26.4 Å². The summed E-state index contributed by atoms with van der Waals surface area (Å²) in [5.41, 5.74) is 2.66. The highest BCUT2D eigenvalue weighted by atomic mass is 32.2. The molecule has 0 saturated heterocycles. The fourth-order valence-electron chi connectivity index (χ4n) is 3.37. The van der Waals surface area contributed by atoms with Gasteiger partial charge in [0.15, 0.2) is 11.5 Å². The van der Waals surface area contributed by atoms with E-state index in [4.69, 9.17) is 5.11 Å². The number of aryl methyl sites for hydroxylation is 2. The molecule has 29 heavy (non-hydrogen) atoms. The van der Waals surface area contributed by atoms with Crippen LogP contribution >= 0.6 is 0 Å². The molecule has 0 fully saturated rings. The van der Waals surface area contributed by atoms with Crippen LogP contribution in [-0.2, 0) is 10.0 Å². The zero-order valence-corrected chi connectivity index (χ0v) is 17.2. The number of benzene rings is 2. The predicted molar refractivity (Wildman–Crippen MR) is 110 cm³/mol. The number of aliphatic hydroxyl groups is 1. The van der Waals surface area contributed by atoms with Crippen LogP contribution in [0.25, 0.3) is 27.8 Å². The summed E-state index contributed by atoms with van der Waals surface area (Å²) < 4.78 is 28.6. The van der Waals surface area contributed by atoms with Crippen LogP contribution in [0.4, 0.5) is 0 Å². The summed E-state index contributed by atoms with van der Waals surface area (Å²) in [6.07, 6.45) is 0. The van der Waals surface area contributed by atoms with E-state index >= 15 is 0 Å². The van der Waals surface area contributed by atoms with E-state index in [1.807, 2.05) is 37.3 Å². The molecule has 0 amide bonds. The van der Waals surface area contributed by atoms with Gasteiger partial charge < -0.3 is 5.11 Å². The number of fused-ring (bicyclic) bond motifs is 3. The Morgan fingerprint density at radius 3 is 2.52 bits per heavy atom. The van der Waals surface area contributed by atoms with Crippen molar-refractivity contribution in [2.45, 2.75) is 18.7 Å². The number of rotatable bonds is 5. The summed E-state index contributed by atoms with van der Waals surface area (Å²) >= 11 is 0. The van der Waals surface area contributed by atoms with E-state index in [1.54, 1.807) is 23.6 Å². The third kappa shape index (κ3) is 3.17. The molecule has 0 atom stereocenters. The summed E-state index contributed by atoms with van der Waals surface area (Å²) in [7, 11) is -2.30. The topological polar surface area (TPSA) is 101 Å². The quantitative estimate of drug-likeness (QED) is 0.540. The summed E-state index contributed by atoms with van der Waals surface area (Å²) in [6.45, 7) is 3.42. The number of nitrogens with zero attached hydrogens (tertiary/aromatic N) is 5. The van der Waals surface area contributed by atoms with Gasteiger partial charge in [-0.15, -0.1) is 10.2 Å². The normalized spacial score (nSPS) is 12.3. The van der Waals surface area contributed by atoms with Crippen LogP contribution in [0.15, 0.2) is 47.4 Å². The van der Waals surface area contributed by atoms with Gasteiger partial charge in [0.25, 0.3) is 0 Å². The molecule has 0 saturated carbocycles. The number of hydrogen-bond donors (Lipinski definition) is 1. The average Bonchev–Trinajstić information content (AvgIpc) is 3.12. The minimum atomic E-state index is -3.75. The Morgan fingerprint density at radius 1 is 1.07 bits per heavy atom. The van der Waals surface area contributed by atoms with Gasteiger partial charge in [-0.2, -0.15) is 13.9 Å². The van der Waals surface area contributed by atoms with Crippen LogP contribution in [0.2, 0.25) is 0 Å². The predicted octanol–water partition coefficient (Wildman–Crippen LogP) is 2.17. The number of likely N-dealkylation sites (N-methyl/N-ethyl adjacent to an activating group) is 1. The molecular formula is C20H21N5O3S. The van der Waals surface area contributed by atoms with E-state index in [2.05, 4.69) is 15.3 Å². The van der Waals surface area contributed by atoms with Gasteiger partial charge in [-0.25, -0.2) is 8.42 Å². The van der Waals surface area contributed by atoms with Crippen molar-refractivity contribution in [1.29, 1.82) is 0 Å². The fraction of sp³-hybridized carbons (Fsp3) is 0.250. The lowest BCUT2D eigenvalue weighted by atomic mass is 10.1. The van der Waals surface area contributed by atoms with Crippen molar-refractivity contribution in [1.82, 2.24) is 24.1 Å². The maximum Gasteiger partial charge on any atom is 0.243 e. The van der Waals surface area contributed by atoms with Crippen molar-refractivity contribution < 1.29 is 13.5 Å². The number of sulfonamides is 1. The SMILES string of the molecule is Cc1ccc(-c2nnc3c4ccccc4c(C)nn23)cc1S(=O)(=O)N(C)CCO. The molecule has 0 aliphatic carbocycles. The maximum absolute atomic E-state index is 12.9. The molecule has 0 unspecified atom stereocenters. The van der Waals surface area contributed by atoms with Crippen LogP contribution in [0.1, 0.15) is 11.3 Å². The molecule has 0 aliphatic rings. The third-order valence-corrected chi connectivity index (χ3v) is 7.00. The zero-order chi connectivity index (χ0) is 20.8. The van der Waals surface area contributed by atoms with Crippen molar-refractivity contribution in [3.05, 3.63) is 53.7 Å². The Hall–Kier alpha value is -2.88. The molecule has 0 spiro atoms. The van der Waals surface area contributed by atoms with E-state index in [9.17, 15) is 8.42 Å². The second-order valence-electron chi connectivity index (χ2n) is 6.92. The summed E-state index contributed by atoms with van der Waals surface area (Å²) in [5.74, 6) is 0.468. The highest BCUT2D eigenvalue weighted by molar-refractivity contribution is 7.89. The van der Waals surface area contributed by atoms with Crippen LogP contribution in [0.3, 0.4) is 0 Å². The second kappa shape index (κ2) is 7.18. The molecule has 0 radical (unpaired) electrons. The van der Waals surface area contributed by atoms with Crippen LogP contribution in [0, 0.1) is 13.8 Å². The minimum Gasteiger partial charge on any atom is -0.395 e. The fourth-order valence-corrected chi connectivity index (χ4v) is 4.77. The average molecular weight is 411 g/mol. The Labute approximate surface area is 168 Å². The van der Waals surface area contributed by atoms with Gasteiger partial charge >= 0.3 is 0 Å². The lowest BCUT2D eigenvalue weighted by Crippen LogP contribution is -2.30. The molecule has 2 aromatic heterocycles. The number of hydrogen-bond acceptors (Lipinski definition) is 6. The van der Waals surface area contributed by atoms with Gasteiger partial charge in [0.2, 0.25) is 10.0 Å². The van der Waals surface area contributed by atoms with Crippen molar-refractivity contribution in [3.8, 4) is 11.4 Å². The third-order valence-electron chi connectivity index (χ3n) is 5.00. The van der Waals surface area contributed by atoms with Gasteiger partial charge in [0, 0.05) is 29.9 Å². The van der Waals surface area contributed by atoms with E-state index in [0.717, 1.165) is 20.8 Å². The van der Waals surface area contributed by atoms with Crippen LogP contribution < -0.4 is 0 Å². The van der Waals surface area contributed by atoms with Gasteiger partial charge in [-0.1, -0.05) is 36.4 Å². The Bertz CT molecular complexity index is 1330.